The zero-order chi connectivity index (χ0) is 26.7. The van der Waals surface area contributed by atoms with Gasteiger partial charge in [0, 0.05) is 26.2 Å². The van der Waals surface area contributed by atoms with Gasteiger partial charge in [0.05, 0.1) is 0 Å². The van der Waals surface area contributed by atoms with E-state index < -0.39 is 0 Å². The van der Waals surface area contributed by atoms with Crippen LogP contribution in [-0.2, 0) is 26.2 Å². The van der Waals surface area contributed by atoms with Crippen LogP contribution in [0.15, 0.2) is 182 Å². The van der Waals surface area contributed by atoms with Crippen molar-refractivity contribution in [2.45, 2.75) is 0 Å². The number of hydrogen-bond acceptors (Lipinski definition) is 0. The summed E-state index contributed by atoms with van der Waals surface area (Å²) in [4.78, 5) is 0. The first-order chi connectivity index (χ1) is 18.8. The van der Waals surface area contributed by atoms with Gasteiger partial charge in [-0.2, -0.15) is 18.2 Å². The van der Waals surface area contributed by atoms with E-state index in [0.29, 0.717) is 11.4 Å². The van der Waals surface area contributed by atoms with Crippen molar-refractivity contribution in [2.24, 2.45) is 0 Å². The maximum atomic E-state index is 9.91. The monoisotopic (exact) mass is 580 g/mol. The molecule has 6 aromatic carbocycles. The van der Waals surface area contributed by atoms with Crippen molar-refractivity contribution >= 4 is 11.4 Å². The van der Waals surface area contributed by atoms with Crippen LogP contribution in [0.5, 0.6) is 0 Å². The second-order valence-corrected chi connectivity index (χ2v) is 8.09. The SMILES string of the molecule is [N-]=C(c1ccccc1)c1ccccc1.[N-]=C(c1ccccc1)c1ccccc1.[Zr].[cH-]1[cH-][cH-][cH-][cH-]1.c1cc[cH-]c1. The molecule has 0 aliphatic rings. The van der Waals surface area contributed by atoms with E-state index in [-0.39, 0.29) is 26.2 Å². The maximum Gasteiger partial charge on any atom is 0 e. The van der Waals surface area contributed by atoms with Crippen LogP contribution >= 0.6 is 0 Å². The molecule has 0 aliphatic carbocycles. The standard InChI is InChI=1S/2C13H10N.2C5H5.Zr/c2*14-13(11-7-3-1-4-8-11)12-9-5-2-6-10-12;2*1-2-4-5-3-1;/h2*1-10H;2*1-5H;/q2*-1;-5;-1;. The second-order valence-electron chi connectivity index (χ2n) is 8.09. The van der Waals surface area contributed by atoms with Crippen molar-refractivity contribution in [3.63, 3.8) is 0 Å². The Kier molecular flexibility index (Phi) is 15.1. The Hall–Kier alpha value is -4.20. The Morgan fingerprint density at radius 2 is 0.590 bits per heavy atom. The zero-order valence-corrected chi connectivity index (χ0v) is 24.2. The van der Waals surface area contributed by atoms with E-state index >= 15 is 0 Å². The summed E-state index contributed by atoms with van der Waals surface area (Å²) in [5.74, 6) is 0. The summed E-state index contributed by atoms with van der Waals surface area (Å²) in [5.41, 5.74) is 4.03. The van der Waals surface area contributed by atoms with Crippen molar-refractivity contribution in [3.05, 3.63) is 215 Å². The van der Waals surface area contributed by atoms with E-state index in [2.05, 4.69) is 0 Å². The molecule has 0 bridgehead atoms. The van der Waals surface area contributed by atoms with Gasteiger partial charge in [-0.3, -0.25) is 0 Å². The van der Waals surface area contributed by atoms with Crippen LogP contribution in [0, 0.1) is 0 Å². The van der Waals surface area contributed by atoms with Gasteiger partial charge in [-0.15, -0.1) is 11.4 Å². The molecule has 0 amide bonds. The first-order valence-corrected chi connectivity index (χ1v) is 12.4. The summed E-state index contributed by atoms with van der Waals surface area (Å²) >= 11 is 0. The van der Waals surface area contributed by atoms with E-state index in [4.69, 9.17) is 0 Å². The van der Waals surface area contributed by atoms with Crippen LogP contribution in [-0.4, -0.2) is 11.4 Å². The van der Waals surface area contributed by atoms with E-state index in [0.717, 1.165) is 22.3 Å². The molecule has 6 aromatic rings. The molecule has 0 spiro atoms. The van der Waals surface area contributed by atoms with E-state index in [9.17, 15) is 10.8 Å². The van der Waals surface area contributed by atoms with Gasteiger partial charge in [0.1, 0.15) is 0 Å². The molecule has 0 aromatic heterocycles. The van der Waals surface area contributed by atoms with E-state index in [1.54, 1.807) is 0 Å². The zero-order valence-electron chi connectivity index (χ0n) is 21.7. The van der Waals surface area contributed by atoms with Gasteiger partial charge < -0.3 is 41.2 Å². The van der Waals surface area contributed by atoms with Crippen LogP contribution < -0.4 is 0 Å². The third-order valence-corrected chi connectivity index (χ3v) is 5.30. The van der Waals surface area contributed by atoms with Crippen LogP contribution in [0.4, 0.5) is 0 Å². The minimum absolute atomic E-state index is 0. The summed E-state index contributed by atoms with van der Waals surface area (Å²) in [6.45, 7) is 0. The summed E-state index contributed by atoms with van der Waals surface area (Å²) in [7, 11) is 0. The van der Waals surface area contributed by atoms with Crippen molar-refractivity contribution < 1.29 is 26.2 Å². The third-order valence-electron chi connectivity index (χ3n) is 5.30. The summed E-state index contributed by atoms with van der Waals surface area (Å²) < 4.78 is 0. The molecule has 3 heteroatoms. The predicted molar refractivity (Wildman–Crippen MR) is 163 cm³/mol. The Morgan fingerprint density at radius 1 is 0.359 bits per heavy atom. The minimum Gasteiger partial charge on any atom is -0.803 e. The molecule has 0 fully saturated rings. The van der Waals surface area contributed by atoms with Gasteiger partial charge in [0.2, 0.25) is 0 Å². The largest absolute Gasteiger partial charge is 0.803 e. The minimum atomic E-state index is 0. The van der Waals surface area contributed by atoms with Gasteiger partial charge in [0.15, 0.2) is 0 Å². The van der Waals surface area contributed by atoms with Crippen LogP contribution in [0.1, 0.15) is 22.3 Å². The van der Waals surface area contributed by atoms with Gasteiger partial charge in [-0.1, -0.05) is 121 Å². The summed E-state index contributed by atoms with van der Waals surface area (Å²) in [5, 5.41) is 19.8. The molecule has 0 heterocycles. The first kappa shape index (κ1) is 31.0. The average Bonchev–Trinajstić information content (AvgIpc) is 3.79. The topological polar surface area (TPSA) is 44.6 Å². The van der Waals surface area contributed by atoms with E-state index in [1.807, 2.05) is 182 Å². The molecular weight excluding hydrogens is 552 g/mol. The Balaban J connectivity index is 0.000000199. The molecule has 0 radical (unpaired) electrons. The molecule has 0 aliphatic heterocycles. The van der Waals surface area contributed by atoms with Crippen molar-refractivity contribution in [2.75, 3.05) is 0 Å². The van der Waals surface area contributed by atoms with Gasteiger partial charge in [0.25, 0.3) is 0 Å². The Morgan fingerprint density at radius 3 is 0.769 bits per heavy atom. The Labute approximate surface area is 251 Å². The van der Waals surface area contributed by atoms with Crippen molar-refractivity contribution in [3.8, 4) is 0 Å². The molecular formula is C36H30N2Zr-8. The molecule has 196 valence electrons. The van der Waals surface area contributed by atoms with E-state index in [1.165, 1.54) is 0 Å². The number of benzene rings is 4. The van der Waals surface area contributed by atoms with Gasteiger partial charge in [-0.05, 0) is 22.3 Å². The summed E-state index contributed by atoms with van der Waals surface area (Å²) in [6, 6.07) is 58.1. The van der Waals surface area contributed by atoms with Crippen LogP contribution in [0.3, 0.4) is 0 Å². The molecule has 0 saturated carbocycles. The van der Waals surface area contributed by atoms with Crippen molar-refractivity contribution in [1.82, 2.24) is 0 Å². The molecule has 0 N–H and O–H groups in total. The third kappa shape index (κ3) is 11.8. The fourth-order valence-corrected chi connectivity index (χ4v) is 3.36. The fourth-order valence-electron chi connectivity index (χ4n) is 3.36. The van der Waals surface area contributed by atoms with Crippen LogP contribution in [0.25, 0.3) is 10.8 Å². The fraction of sp³-hybridized carbons (Fsp3) is 0. The first-order valence-electron chi connectivity index (χ1n) is 12.4. The smallest absolute Gasteiger partial charge is 0 e. The molecule has 2 nitrogen and oxygen atoms in total. The average molecular weight is 582 g/mol. The second kappa shape index (κ2) is 19.0. The molecule has 0 atom stereocenters. The van der Waals surface area contributed by atoms with Gasteiger partial charge in [-0.25, -0.2) is 12.1 Å². The van der Waals surface area contributed by atoms with Crippen molar-refractivity contribution in [1.29, 1.82) is 0 Å². The maximum absolute atomic E-state index is 9.91. The Bertz CT molecular complexity index is 1160. The molecule has 0 saturated heterocycles. The molecule has 0 unspecified atom stereocenters. The summed E-state index contributed by atoms with van der Waals surface area (Å²) in [6.07, 6.45) is 0. The molecule has 39 heavy (non-hydrogen) atoms. The number of nitrogens with zero attached hydrogens (tertiary/aromatic N) is 2. The van der Waals surface area contributed by atoms with Crippen LogP contribution in [0.2, 0.25) is 0 Å². The number of hydrogen-bond donors (Lipinski definition) is 0. The predicted octanol–water partition coefficient (Wildman–Crippen LogP) is 9.00. The normalized spacial score (nSPS) is 9.03. The number of rotatable bonds is 4. The van der Waals surface area contributed by atoms with Gasteiger partial charge >= 0.3 is 0 Å². The molecule has 6 rings (SSSR count). The quantitative estimate of drug-likeness (QED) is 0.147.